The third-order valence-electron chi connectivity index (χ3n) is 11.6. The largest absolute Gasteiger partial charge is 0.310 e. The number of fused-ring (bicyclic) bond motifs is 2. The van der Waals surface area contributed by atoms with Gasteiger partial charge in [0.2, 0.25) is 0 Å². The minimum atomic E-state index is -0.373. The fraction of sp³-hybridized carbons (Fsp3) is 0.0943. The van der Waals surface area contributed by atoms with Crippen molar-refractivity contribution in [2.24, 2.45) is 0 Å². The van der Waals surface area contributed by atoms with Crippen LogP contribution in [0, 0.1) is 0 Å². The number of nitrogens with zero attached hydrogens (tertiary/aromatic N) is 1. The van der Waals surface area contributed by atoms with Gasteiger partial charge in [0, 0.05) is 27.9 Å². The summed E-state index contributed by atoms with van der Waals surface area (Å²) < 4.78 is 0. The Hall–Kier alpha value is -6.44. The number of para-hydroxylation sites is 1. The maximum Gasteiger partial charge on any atom is 0.0468 e. The van der Waals surface area contributed by atoms with Gasteiger partial charge >= 0.3 is 0 Å². The first kappa shape index (κ1) is 33.4. The Balaban J connectivity index is 1.18. The summed E-state index contributed by atoms with van der Waals surface area (Å²) in [6, 6.07) is 75.3. The molecule has 8 aromatic rings. The molecule has 0 radical (unpaired) electrons. The van der Waals surface area contributed by atoms with Crippen molar-refractivity contribution in [2.45, 2.75) is 31.6 Å². The molecule has 0 aliphatic heterocycles. The molecule has 54 heavy (non-hydrogen) atoms. The molecule has 1 heteroatoms. The van der Waals surface area contributed by atoms with Gasteiger partial charge in [-0.2, -0.15) is 0 Å². The van der Waals surface area contributed by atoms with E-state index in [9.17, 15) is 0 Å². The second-order valence-electron chi connectivity index (χ2n) is 15.1. The van der Waals surface area contributed by atoms with E-state index in [0.29, 0.717) is 0 Å². The fourth-order valence-corrected chi connectivity index (χ4v) is 8.79. The molecule has 0 amide bonds. The van der Waals surface area contributed by atoms with Crippen LogP contribution in [-0.4, -0.2) is 0 Å². The molecule has 0 saturated heterocycles. The summed E-state index contributed by atoms with van der Waals surface area (Å²) in [6.07, 6.45) is 0. The molecule has 0 heterocycles. The molecular formula is C53H43N. The van der Waals surface area contributed by atoms with Crippen LogP contribution in [0.2, 0.25) is 0 Å². The van der Waals surface area contributed by atoms with Gasteiger partial charge < -0.3 is 4.90 Å². The second-order valence-corrected chi connectivity index (χ2v) is 15.1. The highest BCUT2D eigenvalue weighted by Gasteiger charge is 2.45. The first-order valence-corrected chi connectivity index (χ1v) is 18.9. The normalized spacial score (nSPS) is 13.8. The summed E-state index contributed by atoms with van der Waals surface area (Å²) in [7, 11) is 0. The number of rotatable bonds is 7. The van der Waals surface area contributed by atoms with E-state index in [-0.39, 0.29) is 10.8 Å². The predicted octanol–water partition coefficient (Wildman–Crippen LogP) is 14.2. The quantitative estimate of drug-likeness (QED) is 0.161. The van der Waals surface area contributed by atoms with E-state index in [4.69, 9.17) is 0 Å². The molecule has 0 spiro atoms. The summed E-state index contributed by atoms with van der Waals surface area (Å²) in [5.74, 6) is 0. The molecule has 260 valence electrons. The lowest BCUT2D eigenvalue weighted by Gasteiger charge is -2.46. The monoisotopic (exact) mass is 693 g/mol. The van der Waals surface area contributed by atoms with Crippen molar-refractivity contribution in [1.29, 1.82) is 0 Å². The zero-order valence-electron chi connectivity index (χ0n) is 31.1. The summed E-state index contributed by atoms with van der Waals surface area (Å²) >= 11 is 0. The van der Waals surface area contributed by atoms with E-state index >= 15 is 0 Å². The van der Waals surface area contributed by atoms with Crippen LogP contribution in [0.25, 0.3) is 33.4 Å². The van der Waals surface area contributed by atoms with Gasteiger partial charge in [-0.25, -0.2) is 0 Å². The summed E-state index contributed by atoms with van der Waals surface area (Å²) in [5.41, 5.74) is 16.9. The van der Waals surface area contributed by atoms with E-state index < -0.39 is 0 Å². The number of benzene rings is 8. The van der Waals surface area contributed by atoms with Crippen LogP contribution >= 0.6 is 0 Å². The number of hydrogen-bond acceptors (Lipinski definition) is 1. The molecule has 1 nitrogen and oxygen atoms in total. The van der Waals surface area contributed by atoms with Crippen LogP contribution in [0.15, 0.2) is 206 Å². The van der Waals surface area contributed by atoms with Crippen molar-refractivity contribution >= 4 is 17.1 Å². The molecule has 0 atom stereocenters. The Morgan fingerprint density at radius 2 is 0.667 bits per heavy atom. The average molecular weight is 694 g/mol. The molecular weight excluding hydrogens is 651 g/mol. The van der Waals surface area contributed by atoms with Crippen molar-refractivity contribution in [1.82, 2.24) is 0 Å². The van der Waals surface area contributed by atoms with Crippen molar-refractivity contribution in [3.05, 3.63) is 234 Å². The van der Waals surface area contributed by atoms with Crippen LogP contribution in [0.5, 0.6) is 0 Å². The van der Waals surface area contributed by atoms with Crippen molar-refractivity contribution in [3.8, 4) is 33.4 Å². The van der Waals surface area contributed by atoms with E-state index in [2.05, 4.69) is 232 Å². The van der Waals surface area contributed by atoms with Gasteiger partial charge in [-0.15, -0.1) is 0 Å². The Morgan fingerprint density at radius 3 is 1.19 bits per heavy atom. The zero-order valence-corrected chi connectivity index (χ0v) is 31.1. The Kier molecular flexibility index (Phi) is 8.36. The molecule has 0 unspecified atom stereocenters. The topological polar surface area (TPSA) is 3.24 Å². The SMILES string of the molecule is CC1(C)c2ccccc2C(C)(c2ccc(N(c3ccccc3)c3ccc(-c4ccc(-c5ccccc5)cc4)cc3)cc2-c2ccccc2)c2ccccc21. The minimum Gasteiger partial charge on any atom is -0.310 e. The minimum absolute atomic E-state index is 0.111. The first-order valence-electron chi connectivity index (χ1n) is 18.9. The molecule has 8 aromatic carbocycles. The van der Waals surface area contributed by atoms with E-state index in [1.165, 1.54) is 61.2 Å². The van der Waals surface area contributed by atoms with Crippen LogP contribution in [0.4, 0.5) is 17.1 Å². The van der Waals surface area contributed by atoms with Gasteiger partial charge in [0.25, 0.3) is 0 Å². The lowest BCUT2D eigenvalue weighted by atomic mass is 9.56. The smallest absolute Gasteiger partial charge is 0.0468 e. The van der Waals surface area contributed by atoms with Crippen LogP contribution in [-0.2, 0) is 10.8 Å². The summed E-state index contributed by atoms with van der Waals surface area (Å²) in [4.78, 5) is 2.38. The highest BCUT2D eigenvalue weighted by Crippen LogP contribution is 2.54. The Bertz CT molecular complexity index is 2500. The lowest BCUT2D eigenvalue weighted by molar-refractivity contribution is 0.542. The zero-order chi connectivity index (χ0) is 36.7. The molecule has 0 N–H and O–H groups in total. The van der Waals surface area contributed by atoms with Crippen LogP contribution in [0.1, 0.15) is 48.6 Å². The maximum absolute atomic E-state index is 2.43. The molecule has 1 aliphatic carbocycles. The van der Waals surface area contributed by atoms with E-state index in [1.807, 2.05) is 0 Å². The molecule has 0 bridgehead atoms. The fourth-order valence-electron chi connectivity index (χ4n) is 8.79. The Labute approximate surface area is 319 Å². The predicted molar refractivity (Wildman–Crippen MR) is 228 cm³/mol. The number of hydrogen-bond donors (Lipinski definition) is 0. The van der Waals surface area contributed by atoms with Gasteiger partial charge in [0.05, 0.1) is 0 Å². The van der Waals surface area contributed by atoms with Gasteiger partial charge in [-0.1, -0.05) is 184 Å². The summed E-state index contributed by atoms with van der Waals surface area (Å²) in [5, 5.41) is 0. The molecule has 9 rings (SSSR count). The van der Waals surface area contributed by atoms with E-state index in [0.717, 1.165) is 17.1 Å². The summed E-state index contributed by atoms with van der Waals surface area (Å²) in [6.45, 7) is 7.17. The number of anilines is 3. The van der Waals surface area contributed by atoms with Crippen LogP contribution < -0.4 is 4.90 Å². The second kappa shape index (κ2) is 13.5. The highest BCUT2D eigenvalue weighted by molar-refractivity contribution is 5.84. The maximum atomic E-state index is 2.43. The molecule has 1 aliphatic rings. The van der Waals surface area contributed by atoms with Gasteiger partial charge in [0.1, 0.15) is 0 Å². The standard InChI is InChI=1S/C53H43N/c1-52(2)48-23-13-15-25-50(48)53(3,51-26-16-14-24-49(51)52)47-36-35-45(37-46(47)42-19-9-5-10-20-42)54(43-21-11-6-12-22-43)44-33-31-41(32-34-44)40-29-27-39(28-30-40)38-17-7-4-8-18-38/h4-37H,1-3H3. The molecule has 0 fully saturated rings. The highest BCUT2D eigenvalue weighted by atomic mass is 15.1. The van der Waals surface area contributed by atoms with Crippen molar-refractivity contribution in [2.75, 3.05) is 4.90 Å². The van der Waals surface area contributed by atoms with Gasteiger partial charge in [-0.3, -0.25) is 0 Å². The average Bonchev–Trinajstić information content (AvgIpc) is 3.24. The van der Waals surface area contributed by atoms with Crippen LogP contribution in [0.3, 0.4) is 0 Å². The van der Waals surface area contributed by atoms with Gasteiger partial charge in [0.15, 0.2) is 0 Å². The van der Waals surface area contributed by atoms with Gasteiger partial charge in [-0.05, 0) is 105 Å². The van der Waals surface area contributed by atoms with Crippen molar-refractivity contribution in [3.63, 3.8) is 0 Å². The lowest BCUT2D eigenvalue weighted by Crippen LogP contribution is -2.39. The van der Waals surface area contributed by atoms with E-state index in [1.54, 1.807) is 0 Å². The molecule has 0 saturated carbocycles. The third-order valence-corrected chi connectivity index (χ3v) is 11.6. The van der Waals surface area contributed by atoms with Crippen molar-refractivity contribution < 1.29 is 0 Å². The Morgan fingerprint density at radius 1 is 0.296 bits per heavy atom. The molecule has 0 aromatic heterocycles. The third kappa shape index (κ3) is 5.65. The first-order chi connectivity index (χ1) is 26.4.